The summed E-state index contributed by atoms with van der Waals surface area (Å²) in [5.41, 5.74) is 3.46. The van der Waals surface area contributed by atoms with Crippen molar-refractivity contribution in [3.63, 3.8) is 0 Å². The van der Waals surface area contributed by atoms with Gasteiger partial charge in [0.1, 0.15) is 5.82 Å². The Morgan fingerprint density at radius 3 is 2.28 bits per heavy atom. The first-order chi connectivity index (χ1) is 12.1. The van der Waals surface area contributed by atoms with Crippen molar-refractivity contribution in [1.82, 2.24) is 0 Å². The summed E-state index contributed by atoms with van der Waals surface area (Å²) in [7, 11) is 0. The lowest BCUT2D eigenvalue weighted by molar-refractivity contribution is -0.114. The van der Waals surface area contributed by atoms with Crippen molar-refractivity contribution < 1.29 is 9.18 Å². The lowest BCUT2D eigenvalue weighted by atomic mass is 10.1. The summed E-state index contributed by atoms with van der Waals surface area (Å²) in [4.78, 5) is 12.0. The van der Waals surface area contributed by atoms with Crippen LogP contribution < -0.4 is 10.6 Å². The van der Waals surface area contributed by atoms with Crippen LogP contribution in [0.4, 0.5) is 15.8 Å². The Morgan fingerprint density at radius 2 is 1.60 bits per heavy atom. The largest absolute Gasteiger partial charge is 0.376 e. The van der Waals surface area contributed by atoms with E-state index in [2.05, 4.69) is 10.6 Å². The van der Waals surface area contributed by atoms with Crippen LogP contribution in [-0.2, 0) is 4.79 Å². The van der Waals surface area contributed by atoms with E-state index in [-0.39, 0.29) is 17.5 Å². The predicted octanol–water partition coefficient (Wildman–Crippen LogP) is 5.20. The summed E-state index contributed by atoms with van der Waals surface area (Å²) in [6.07, 6.45) is 0. The Bertz CT molecular complexity index is 867. The second-order valence-corrected chi connectivity index (χ2v) is 5.88. The average Bonchev–Trinajstić information content (AvgIpc) is 2.63. The van der Waals surface area contributed by atoms with Crippen molar-refractivity contribution in [3.05, 3.63) is 83.6 Å². The van der Waals surface area contributed by atoms with E-state index >= 15 is 0 Å². The van der Waals surface area contributed by atoms with E-state index in [1.165, 1.54) is 12.1 Å². The molecule has 0 saturated carbocycles. The molecule has 25 heavy (non-hydrogen) atoms. The third-order valence-corrected chi connectivity index (χ3v) is 3.96. The third-order valence-electron chi connectivity index (χ3n) is 3.65. The van der Waals surface area contributed by atoms with Crippen molar-refractivity contribution in [2.75, 3.05) is 17.2 Å². The summed E-state index contributed by atoms with van der Waals surface area (Å²) in [5.74, 6) is -0.708. The van der Waals surface area contributed by atoms with Crippen LogP contribution in [0.5, 0.6) is 0 Å². The van der Waals surface area contributed by atoms with Gasteiger partial charge in [0.15, 0.2) is 0 Å². The highest BCUT2D eigenvalue weighted by molar-refractivity contribution is 6.33. The number of hydrogen-bond acceptors (Lipinski definition) is 2. The number of nitrogens with one attached hydrogen (secondary N) is 2. The van der Waals surface area contributed by atoms with Crippen molar-refractivity contribution in [3.8, 4) is 11.1 Å². The first-order valence-electron chi connectivity index (χ1n) is 7.76. The molecular weight excluding hydrogens is 339 g/mol. The zero-order chi connectivity index (χ0) is 17.6. The summed E-state index contributed by atoms with van der Waals surface area (Å²) >= 11 is 5.89. The zero-order valence-electron chi connectivity index (χ0n) is 13.3. The molecule has 3 aromatic carbocycles. The lowest BCUT2D eigenvalue weighted by Gasteiger charge is -2.10. The Kier molecular flexibility index (Phi) is 5.31. The Morgan fingerprint density at radius 1 is 0.920 bits per heavy atom. The molecule has 0 heterocycles. The molecule has 0 atom stereocenters. The van der Waals surface area contributed by atoms with E-state index < -0.39 is 5.82 Å². The van der Waals surface area contributed by atoms with Gasteiger partial charge in [-0.2, -0.15) is 0 Å². The predicted molar refractivity (Wildman–Crippen MR) is 100 cm³/mol. The number of carbonyl (C=O) groups is 1. The highest BCUT2D eigenvalue weighted by Gasteiger charge is 2.07. The molecule has 0 aliphatic heterocycles. The van der Waals surface area contributed by atoms with Gasteiger partial charge in [-0.3, -0.25) is 4.79 Å². The highest BCUT2D eigenvalue weighted by Crippen LogP contribution is 2.23. The highest BCUT2D eigenvalue weighted by atomic mass is 35.5. The van der Waals surface area contributed by atoms with Crippen LogP contribution in [0.3, 0.4) is 0 Å². The van der Waals surface area contributed by atoms with Crippen molar-refractivity contribution in [1.29, 1.82) is 0 Å². The molecule has 5 heteroatoms. The fraction of sp³-hybridized carbons (Fsp3) is 0.0500. The van der Waals surface area contributed by atoms with Gasteiger partial charge in [-0.1, -0.05) is 54.1 Å². The maximum Gasteiger partial charge on any atom is 0.243 e. The normalized spacial score (nSPS) is 10.3. The first kappa shape index (κ1) is 17.0. The van der Waals surface area contributed by atoms with Crippen LogP contribution in [0.15, 0.2) is 72.8 Å². The molecule has 0 saturated heterocycles. The van der Waals surface area contributed by atoms with Gasteiger partial charge in [0, 0.05) is 5.69 Å². The maximum absolute atomic E-state index is 13.0. The van der Waals surface area contributed by atoms with E-state index in [0.717, 1.165) is 22.9 Å². The van der Waals surface area contributed by atoms with Gasteiger partial charge in [0.05, 0.1) is 17.3 Å². The fourth-order valence-electron chi connectivity index (χ4n) is 2.38. The molecule has 3 aromatic rings. The Hall–Kier alpha value is -2.85. The number of carbonyl (C=O) groups excluding carboxylic acids is 1. The number of benzene rings is 3. The number of amides is 1. The smallest absolute Gasteiger partial charge is 0.243 e. The molecule has 0 aliphatic rings. The molecule has 2 N–H and O–H groups in total. The molecule has 0 fully saturated rings. The Labute approximate surface area is 150 Å². The van der Waals surface area contributed by atoms with Crippen molar-refractivity contribution in [2.45, 2.75) is 0 Å². The summed E-state index contributed by atoms with van der Waals surface area (Å²) in [5, 5.41) is 5.86. The molecule has 0 aromatic heterocycles. The average molecular weight is 355 g/mol. The van der Waals surface area contributed by atoms with Gasteiger partial charge in [0.2, 0.25) is 5.91 Å². The first-order valence-corrected chi connectivity index (χ1v) is 8.14. The van der Waals surface area contributed by atoms with Gasteiger partial charge >= 0.3 is 0 Å². The van der Waals surface area contributed by atoms with E-state index in [0.29, 0.717) is 5.69 Å². The van der Waals surface area contributed by atoms with Gasteiger partial charge in [-0.25, -0.2) is 4.39 Å². The van der Waals surface area contributed by atoms with Gasteiger partial charge in [-0.05, 0) is 41.5 Å². The quantitative estimate of drug-likeness (QED) is 0.661. The topological polar surface area (TPSA) is 41.1 Å². The fourth-order valence-corrected chi connectivity index (χ4v) is 2.59. The number of anilines is 2. The van der Waals surface area contributed by atoms with Crippen LogP contribution in [0, 0.1) is 5.82 Å². The Balaban J connectivity index is 1.57. The van der Waals surface area contributed by atoms with E-state index in [1.54, 1.807) is 0 Å². The molecule has 0 unspecified atom stereocenters. The zero-order valence-corrected chi connectivity index (χ0v) is 14.1. The van der Waals surface area contributed by atoms with Crippen LogP contribution in [0.25, 0.3) is 11.1 Å². The van der Waals surface area contributed by atoms with Crippen molar-refractivity contribution in [2.24, 2.45) is 0 Å². The molecule has 0 bridgehead atoms. The monoisotopic (exact) mass is 354 g/mol. The maximum atomic E-state index is 13.0. The van der Waals surface area contributed by atoms with Gasteiger partial charge in [-0.15, -0.1) is 0 Å². The minimum Gasteiger partial charge on any atom is -0.376 e. The minimum atomic E-state index is -0.445. The second-order valence-electron chi connectivity index (χ2n) is 5.47. The third kappa shape index (κ3) is 4.58. The number of halogens is 2. The number of hydrogen-bond donors (Lipinski definition) is 2. The van der Waals surface area contributed by atoms with Crippen LogP contribution in [0.1, 0.15) is 0 Å². The van der Waals surface area contributed by atoms with E-state index in [4.69, 9.17) is 11.6 Å². The molecule has 1 amide bonds. The second kappa shape index (κ2) is 7.81. The molecule has 3 rings (SSSR count). The molecule has 0 radical (unpaired) electrons. The summed E-state index contributed by atoms with van der Waals surface area (Å²) < 4.78 is 13.0. The van der Waals surface area contributed by atoms with Crippen LogP contribution >= 0.6 is 11.6 Å². The SMILES string of the molecule is O=C(CNc1ccc(-c2ccccc2)cc1)Nc1ccc(F)cc1Cl. The lowest BCUT2D eigenvalue weighted by Crippen LogP contribution is -2.21. The molecular formula is C20H16ClFN2O. The molecule has 0 spiro atoms. The van der Waals surface area contributed by atoms with Crippen LogP contribution in [0.2, 0.25) is 5.02 Å². The standard InChI is InChI=1S/C20H16ClFN2O/c21-18-12-16(22)8-11-19(18)24-20(25)13-23-17-9-6-15(7-10-17)14-4-2-1-3-5-14/h1-12,23H,13H2,(H,24,25). The molecule has 126 valence electrons. The van der Waals surface area contributed by atoms with Gasteiger partial charge < -0.3 is 10.6 Å². The summed E-state index contributed by atoms with van der Waals surface area (Å²) in [6.45, 7) is 0.0817. The van der Waals surface area contributed by atoms with Crippen molar-refractivity contribution >= 4 is 28.9 Å². The van der Waals surface area contributed by atoms with E-state index in [9.17, 15) is 9.18 Å². The van der Waals surface area contributed by atoms with Gasteiger partial charge in [0.25, 0.3) is 0 Å². The molecule has 0 aliphatic carbocycles. The number of rotatable bonds is 5. The van der Waals surface area contributed by atoms with Crippen LogP contribution in [-0.4, -0.2) is 12.5 Å². The van der Waals surface area contributed by atoms with E-state index in [1.807, 2.05) is 54.6 Å². The summed E-state index contributed by atoms with van der Waals surface area (Å²) in [6, 6.07) is 21.7. The minimum absolute atomic E-state index is 0.0817. The molecule has 3 nitrogen and oxygen atoms in total.